The van der Waals surface area contributed by atoms with E-state index < -0.39 is 11.9 Å². The van der Waals surface area contributed by atoms with Crippen LogP contribution in [0.4, 0.5) is 5.69 Å². The molecular weight excluding hydrogens is 388 g/mol. The predicted molar refractivity (Wildman–Crippen MR) is 111 cm³/mol. The van der Waals surface area contributed by atoms with Crippen molar-refractivity contribution in [3.05, 3.63) is 59.7 Å². The molecule has 0 radical (unpaired) electrons. The van der Waals surface area contributed by atoms with Gasteiger partial charge in [-0.2, -0.15) is 0 Å². The Labute approximate surface area is 174 Å². The standard InChI is InChI=1S/C22H24N2O6/c1-3-30-18-10-6-15(7-11-18)19(25)12-13-20(26)24-17-8-4-16(5-9-17)22(28)23-14-21(27)29-2/h4-11H,3,12-14H2,1-2H3,(H,23,28)(H,24,26). The maximum absolute atomic E-state index is 12.2. The lowest BCUT2D eigenvalue weighted by atomic mass is 10.1. The average molecular weight is 412 g/mol. The quantitative estimate of drug-likeness (QED) is 0.458. The second kappa shape index (κ2) is 11.4. The average Bonchev–Trinajstić information content (AvgIpc) is 2.76. The Bertz CT molecular complexity index is 891. The summed E-state index contributed by atoms with van der Waals surface area (Å²) in [6.45, 7) is 2.20. The normalized spacial score (nSPS) is 10.1. The van der Waals surface area contributed by atoms with Gasteiger partial charge in [0.1, 0.15) is 12.3 Å². The second-order valence-electron chi connectivity index (χ2n) is 6.26. The molecule has 0 unspecified atom stereocenters. The van der Waals surface area contributed by atoms with Crippen LogP contribution in [0.1, 0.15) is 40.5 Å². The topological polar surface area (TPSA) is 111 Å². The molecule has 158 valence electrons. The molecule has 0 aliphatic carbocycles. The highest BCUT2D eigenvalue weighted by Gasteiger charge is 2.11. The van der Waals surface area contributed by atoms with E-state index in [-0.39, 0.29) is 31.1 Å². The highest BCUT2D eigenvalue weighted by molar-refractivity contribution is 6.00. The summed E-state index contributed by atoms with van der Waals surface area (Å²) in [4.78, 5) is 47.3. The molecule has 2 aromatic rings. The van der Waals surface area contributed by atoms with Crippen LogP contribution >= 0.6 is 0 Å². The lowest BCUT2D eigenvalue weighted by Gasteiger charge is -2.07. The highest BCUT2D eigenvalue weighted by Crippen LogP contribution is 2.15. The number of nitrogens with one attached hydrogen (secondary N) is 2. The molecule has 2 rings (SSSR count). The van der Waals surface area contributed by atoms with E-state index in [9.17, 15) is 19.2 Å². The Balaban J connectivity index is 1.80. The molecule has 0 saturated carbocycles. The minimum atomic E-state index is -0.549. The van der Waals surface area contributed by atoms with Gasteiger partial charge in [0.2, 0.25) is 5.91 Å². The van der Waals surface area contributed by atoms with Gasteiger partial charge >= 0.3 is 5.97 Å². The summed E-state index contributed by atoms with van der Waals surface area (Å²) in [5, 5.41) is 5.11. The number of benzene rings is 2. The largest absolute Gasteiger partial charge is 0.494 e. The molecule has 0 aliphatic rings. The summed E-state index contributed by atoms with van der Waals surface area (Å²) >= 11 is 0. The minimum Gasteiger partial charge on any atom is -0.494 e. The summed E-state index contributed by atoms with van der Waals surface area (Å²) in [5.74, 6) is -0.733. The van der Waals surface area contributed by atoms with Crippen molar-refractivity contribution in [1.29, 1.82) is 0 Å². The molecule has 0 aromatic heterocycles. The van der Waals surface area contributed by atoms with Crippen molar-refractivity contribution >= 4 is 29.3 Å². The van der Waals surface area contributed by atoms with Crippen molar-refractivity contribution < 1.29 is 28.7 Å². The van der Waals surface area contributed by atoms with Crippen LogP contribution in [0.5, 0.6) is 5.75 Å². The third-order valence-corrected chi connectivity index (χ3v) is 4.12. The van der Waals surface area contributed by atoms with Gasteiger partial charge in [-0.05, 0) is 55.5 Å². The number of Topliss-reactive ketones (excluding diaryl/α,β-unsaturated/α-hetero) is 1. The number of ether oxygens (including phenoxy) is 2. The summed E-state index contributed by atoms with van der Waals surface area (Å²) in [7, 11) is 1.23. The molecule has 8 nitrogen and oxygen atoms in total. The summed E-state index contributed by atoms with van der Waals surface area (Å²) in [5.41, 5.74) is 1.36. The van der Waals surface area contributed by atoms with Crippen molar-refractivity contribution in [1.82, 2.24) is 5.32 Å². The molecule has 0 spiro atoms. The number of esters is 1. The lowest BCUT2D eigenvalue weighted by molar-refractivity contribution is -0.139. The van der Waals surface area contributed by atoms with Crippen molar-refractivity contribution in [2.75, 3.05) is 25.6 Å². The molecule has 0 fully saturated rings. The van der Waals surface area contributed by atoms with Crippen LogP contribution in [0.2, 0.25) is 0 Å². The van der Waals surface area contributed by atoms with Gasteiger partial charge in [-0.1, -0.05) is 0 Å². The molecular formula is C22H24N2O6. The van der Waals surface area contributed by atoms with Gasteiger partial charge in [0, 0.05) is 29.7 Å². The van der Waals surface area contributed by atoms with E-state index in [2.05, 4.69) is 15.4 Å². The Hall–Kier alpha value is -3.68. The van der Waals surface area contributed by atoms with Gasteiger partial charge in [0.25, 0.3) is 5.91 Å². The summed E-state index contributed by atoms with van der Waals surface area (Å²) < 4.78 is 9.79. The Morgan fingerprint density at radius 2 is 1.50 bits per heavy atom. The van der Waals surface area contributed by atoms with Gasteiger partial charge in [0.15, 0.2) is 5.78 Å². The van der Waals surface area contributed by atoms with Crippen LogP contribution < -0.4 is 15.4 Å². The molecule has 2 amide bonds. The summed E-state index contributed by atoms with van der Waals surface area (Å²) in [6.07, 6.45) is 0.112. The van der Waals surface area contributed by atoms with Crippen LogP contribution in [-0.4, -0.2) is 43.8 Å². The molecule has 0 saturated heterocycles. The number of amides is 2. The minimum absolute atomic E-state index is 0.0351. The lowest BCUT2D eigenvalue weighted by Crippen LogP contribution is -2.30. The number of carbonyl (C=O) groups is 4. The van der Waals surface area contributed by atoms with E-state index in [1.54, 1.807) is 36.4 Å². The first-order valence-electron chi connectivity index (χ1n) is 9.44. The van der Waals surface area contributed by atoms with E-state index in [4.69, 9.17) is 4.74 Å². The number of ketones is 1. The molecule has 2 N–H and O–H groups in total. The molecule has 30 heavy (non-hydrogen) atoms. The molecule has 0 aliphatic heterocycles. The van der Waals surface area contributed by atoms with Gasteiger partial charge in [-0.25, -0.2) is 0 Å². The van der Waals surface area contributed by atoms with Gasteiger partial charge in [0.05, 0.1) is 13.7 Å². The monoisotopic (exact) mass is 412 g/mol. The third-order valence-electron chi connectivity index (χ3n) is 4.12. The Kier molecular flexibility index (Phi) is 8.56. The molecule has 8 heteroatoms. The van der Waals surface area contributed by atoms with Crippen LogP contribution in [0.15, 0.2) is 48.5 Å². The first-order chi connectivity index (χ1) is 14.4. The predicted octanol–water partition coefficient (Wildman–Crippen LogP) is 2.59. The SMILES string of the molecule is CCOc1ccc(C(=O)CCC(=O)Nc2ccc(C(=O)NCC(=O)OC)cc2)cc1. The molecule has 0 bridgehead atoms. The number of hydrogen-bond donors (Lipinski definition) is 2. The fourth-order valence-corrected chi connectivity index (χ4v) is 2.53. The number of hydrogen-bond acceptors (Lipinski definition) is 6. The van der Waals surface area contributed by atoms with Gasteiger partial charge < -0.3 is 20.1 Å². The molecule has 0 atom stereocenters. The zero-order valence-electron chi connectivity index (χ0n) is 16.9. The van der Waals surface area contributed by atoms with E-state index in [0.717, 1.165) is 0 Å². The fraction of sp³-hybridized carbons (Fsp3) is 0.273. The maximum atomic E-state index is 12.2. The van der Waals surface area contributed by atoms with E-state index >= 15 is 0 Å². The highest BCUT2D eigenvalue weighted by atomic mass is 16.5. The van der Waals surface area contributed by atoms with Crippen LogP contribution in [-0.2, 0) is 14.3 Å². The van der Waals surface area contributed by atoms with E-state index in [1.165, 1.54) is 19.2 Å². The maximum Gasteiger partial charge on any atom is 0.325 e. The van der Waals surface area contributed by atoms with Crippen LogP contribution in [0.3, 0.4) is 0 Å². The zero-order valence-corrected chi connectivity index (χ0v) is 16.9. The number of rotatable bonds is 10. The van der Waals surface area contributed by atoms with Gasteiger partial charge in [-0.15, -0.1) is 0 Å². The van der Waals surface area contributed by atoms with Crippen LogP contribution in [0, 0.1) is 0 Å². The summed E-state index contributed by atoms with van der Waals surface area (Å²) in [6, 6.07) is 13.0. The number of carbonyl (C=O) groups excluding carboxylic acids is 4. The number of methoxy groups -OCH3 is 1. The zero-order chi connectivity index (χ0) is 21.9. The first kappa shape index (κ1) is 22.6. The number of anilines is 1. The first-order valence-corrected chi connectivity index (χ1v) is 9.44. The van der Waals surface area contributed by atoms with Crippen LogP contribution in [0.25, 0.3) is 0 Å². The fourth-order valence-electron chi connectivity index (χ4n) is 2.53. The smallest absolute Gasteiger partial charge is 0.325 e. The Morgan fingerprint density at radius 1 is 0.867 bits per heavy atom. The van der Waals surface area contributed by atoms with E-state index in [1.807, 2.05) is 6.92 Å². The third kappa shape index (κ3) is 7.05. The Morgan fingerprint density at radius 3 is 2.10 bits per heavy atom. The van der Waals surface area contributed by atoms with Crippen molar-refractivity contribution in [3.8, 4) is 5.75 Å². The molecule has 0 heterocycles. The van der Waals surface area contributed by atoms with Crippen molar-refractivity contribution in [2.45, 2.75) is 19.8 Å². The van der Waals surface area contributed by atoms with Crippen molar-refractivity contribution in [2.24, 2.45) is 0 Å². The molecule has 2 aromatic carbocycles. The van der Waals surface area contributed by atoms with Crippen molar-refractivity contribution in [3.63, 3.8) is 0 Å². The van der Waals surface area contributed by atoms with E-state index in [0.29, 0.717) is 29.2 Å². The second-order valence-corrected chi connectivity index (χ2v) is 6.26. The van der Waals surface area contributed by atoms with Gasteiger partial charge in [-0.3, -0.25) is 19.2 Å².